The molecule has 2 fully saturated rings. The monoisotopic (exact) mass is 943 g/mol. The number of aryl methyl sites for hydroxylation is 2. The van der Waals surface area contributed by atoms with E-state index >= 15 is 0 Å². The van der Waals surface area contributed by atoms with Crippen molar-refractivity contribution in [2.24, 2.45) is 0 Å². The van der Waals surface area contributed by atoms with Crippen molar-refractivity contribution in [1.29, 1.82) is 0 Å². The van der Waals surface area contributed by atoms with E-state index in [9.17, 15) is 19.2 Å². The fourth-order valence-corrected chi connectivity index (χ4v) is 10.9. The van der Waals surface area contributed by atoms with Crippen LogP contribution in [0.5, 0.6) is 0 Å². The highest BCUT2D eigenvalue weighted by Gasteiger charge is 2.40. The minimum absolute atomic E-state index is 0.0164. The number of rotatable bonds is 11. The molecule has 2 aromatic heterocycles. The molecule has 4 aromatic carbocycles. The molecular formula is C54H62N12O4. The molecular weight excluding hydrogens is 881 g/mol. The number of likely N-dealkylation sites (N-methyl/N-ethyl adjacent to an activating group) is 4. The molecule has 2 saturated carbocycles. The van der Waals surface area contributed by atoms with Gasteiger partial charge in [0.1, 0.15) is 12.1 Å². The second-order valence-electron chi connectivity index (χ2n) is 19.7. The minimum atomic E-state index is -0.401. The Labute approximate surface area is 409 Å². The van der Waals surface area contributed by atoms with Gasteiger partial charge >= 0.3 is 0 Å². The van der Waals surface area contributed by atoms with Crippen molar-refractivity contribution in [1.82, 2.24) is 39.3 Å². The molecule has 16 nitrogen and oxygen atoms in total. The summed E-state index contributed by atoms with van der Waals surface area (Å²) in [4.78, 5) is 76.4. The van der Waals surface area contributed by atoms with Crippen molar-refractivity contribution in [3.63, 3.8) is 0 Å². The van der Waals surface area contributed by atoms with E-state index in [1.54, 1.807) is 33.3 Å². The molecule has 16 heteroatoms. The molecule has 0 N–H and O–H groups in total. The van der Waals surface area contributed by atoms with Gasteiger partial charge in [0, 0.05) is 64.5 Å². The average molecular weight is 943 g/mol. The maximum absolute atomic E-state index is 14.3. The summed E-state index contributed by atoms with van der Waals surface area (Å²) in [5.74, 6) is 0.363. The van der Waals surface area contributed by atoms with Gasteiger partial charge in [0.05, 0.1) is 34.1 Å². The maximum atomic E-state index is 14.3. The van der Waals surface area contributed by atoms with Gasteiger partial charge < -0.3 is 29.4 Å². The zero-order chi connectivity index (χ0) is 49.1. The number of carbonyl (C=O) groups excluding carboxylic acids is 4. The standard InChI is InChI=1S/C54H62N12O4/c1-33-17-23-41(24-18-33)65-49(37-21-27-43-45(31-37)63(39-13-9-10-14-39)35(3)51(67)61(43)7)55-47(57-65)53(69)59(5)29-30-60(6)54(70)48-56-50(66(58-48)42-25-19-34(2)20-26-42)38-22-28-44-46(32-38)64(40-15-11-12-16-40)36(4)52(68)62(44)8/h17-28,31-32,35-36,39-40H,9-16,29-30H2,1-8H3/t35-,36-/m1/s1. The molecule has 6 aromatic rings. The van der Waals surface area contributed by atoms with Crippen molar-refractivity contribution in [2.75, 3.05) is 60.9 Å². The molecule has 0 radical (unpaired) electrons. The third kappa shape index (κ3) is 8.26. The van der Waals surface area contributed by atoms with Crippen LogP contribution in [0.1, 0.15) is 97.6 Å². The molecule has 0 bridgehead atoms. The second kappa shape index (κ2) is 18.5. The van der Waals surface area contributed by atoms with Gasteiger partial charge in [-0.3, -0.25) is 19.2 Å². The average Bonchev–Trinajstić information content (AvgIpc) is 4.23. The van der Waals surface area contributed by atoms with Gasteiger partial charge in [0.15, 0.2) is 11.6 Å². The smallest absolute Gasteiger partial charge is 0.293 e. The quantitative estimate of drug-likeness (QED) is 0.126. The lowest BCUT2D eigenvalue weighted by Crippen LogP contribution is -2.54. The van der Waals surface area contributed by atoms with E-state index in [1.165, 1.54) is 9.80 Å². The maximum Gasteiger partial charge on any atom is 0.293 e. The summed E-state index contributed by atoms with van der Waals surface area (Å²) >= 11 is 0. The van der Waals surface area contributed by atoms with Crippen LogP contribution < -0.4 is 19.6 Å². The highest BCUT2D eigenvalue weighted by molar-refractivity contribution is 6.06. The molecule has 4 heterocycles. The first-order valence-electron chi connectivity index (χ1n) is 24.7. The van der Waals surface area contributed by atoms with Gasteiger partial charge in [-0.15, -0.1) is 10.2 Å². The SMILES string of the molecule is Cc1ccc(-n2nc(C(=O)N(C)CCN(C)C(=O)c3nc(-c4ccc5c(c4)N(C4CCCC4)[C@H](C)C(=O)N5C)n(-c4ccc(C)cc4)n3)nc2-c2ccc3c(c2)N(C2CCCC2)[C@H](C)C(=O)N3C)cc1. The molecule has 362 valence electrons. The summed E-state index contributed by atoms with van der Waals surface area (Å²) < 4.78 is 3.42. The van der Waals surface area contributed by atoms with Crippen LogP contribution in [0.2, 0.25) is 0 Å². The van der Waals surface area contributed by atoms with E-state index in [-0.39, 0.29) is 60.7 Å². The number of hydrogen-bond donors (Lipinski definition) is 0. The van der Waals surface area contributed by atoms with Crippen LogP contribution in [0.25, 0.3) is 34.2 Å². The van der Waals surface area contributed by atoms with E-state index < -0.39 is 11.8 Å². The summed E-state index contributed by atoms with van der Waals surface area (Å²) in [6, 6.07) is 27.7. The second-order valence-corrected chi connectivity index (χ2v) is 19.7. The third-order valence-electron chi connectivity index (χ3n) is 15.0. The Balaban J connectivity index is 0.918. The van der Waals surface area contributed by atoms with Crippen LogP contribution in [0.4, 0.5) is 22.7 Å². The number of aromatic nitrogens is 6. The van der Waals surface area contributed by atoms with Crippen LogP contribution in [0.15, 0.2) is 84.9 Å². The normalized spacial score (nSPS) is 18.5. The van der Waals surface area contributed by atoms with Gasteiger partial charge in [-0.05, 0) is 114 Å². The Morgan fingerprint density at radius 3 is 1.26 bits per heavy atom. The lowest BCUT2D eigenvalue weighted by Gasteiger charge is -2.43. The molecule has 0 spiro atoms. The van der Waals surface area contributed by atoms with Gasteiger partial charge in [0.25, 0.3) is 11.8 Å². The molecule has 4 aliphatic rings. The predicted octanol–water partition coefficient (Wildman–Crippen LogP) is 7.87. The number of nitrogens with zero attached hydrogens (tertiary/aromatic N) is 12. The largest absolute Gasteiger partial charge is 0.355 e. The van der Waals surface area contributed by atoms with Crippen molar-refractivity contribution in [3.05, 3.63) is 108 Å². The molecule has 10 rings (SSSR count). The summed E-state index contributed by atoms with van der Waals surface area (Å²) in [5.41, 5.74) is 8.83. The summed E-state index contributed by atoms with van der Waals surface area (Å²) in [6.45, 7) is 8.36. The highest BCUT2D eigenvalue weighted by atomic mass is 16.2. The minimum Gasteiger partial charge on any atom is -0.355 e. The summed E-state index contributed by atoms with van der Waals surface area (Å²) in [6.07, 6.45) is 8.64. The first-order chi connectivity index (χ1) is 33.7. The topological polar surface area (TPSA) is 149 Å². The van der Waals surface area contributed by atoms with Gasteiger partial charge in [-0.2, -0.15) is 0 Å². The van der Waals surface area contributed by atoms with E-state index in [0.29, 0.717) is 11.6 Å². The summed E-state index contributed by atoms with van der Waals surface area (Å²) in [5, 5.41) is 9.64. The number of benzene rings is 4. The molecule has 2 aliphatic carbocycles. The van der Waals surface area contributed by atoms with Crippen molar-refractivity contribution in [3.8, 4) is 34.2 Å². The Bertz CT molecular complexity index is 2780. The Morgan fingerprint density at radius 2 is 0.900 bits per heavy atom. The molecule has 2 aliphatic heterocycles. The van der Waals surface area contributed by atoms with Crippen molar-refractivity contribution >= 4 is 46.4 Å². The first kappa shape index (κ1) is 46.4. The number of hydrogen-bond acceptors (Lipinski definition) is 10. The van der Waals surface area contributed by atoms with Crippen molar-refractivity contribution in [2.45, 2.75) is 103 Å². The number of anilines is 4. The number of fused-ring (bicyclic) bond motifs is 2. The zero-order valence-electron chi connectivity index (χ0n) is 41.5. The lowest BCUT2D eigenvalue weighted by atomic mass is 10.0. The third-order valence-corrected chi connectivity index (χ3v) is 15.0. The van der Waals surface area contributed by atoms with Gasteiger partial charge in [-0.1, -0.05) is 61.1 Å². The number of carbonyl (C=O) groups is 4. The predicted molar refractivity (Wildman–Crippen MR) is 272 cm³/mol. The van der Waals surface area contributed by atoms with Crippen molar-refractivity contribution < 1.29 is 19.2 Å². The Morgan fingerprint density at radius 1 is 0.543 bits per heavy atom. The van der Waals surface area contributed by atoms with Gasteiger partial charge in [0.2, 0.25) is 23.5 Å². The Kier molecular flexibility index (Phi) is 12.3. The van der Waals surface area contributed by atoms with Crippen LogP contribution in [0.3, 0.4) is 0 Å². The molecule has 4 amide bonds. The number of amides is 4. The Hall–Kier alpha value is -7.36. The van der Waals surface area contributed by atoms with E-state index in [2.05, 4.69) is 21.9 Å². The van der Waals surface area contributed by atoms with E-state index in [4.69, 9.17) is 20.2 Å². The summed E-state index contributed by atoms with van der Waals surface area (Å²) in [7, 11) is 7.01. The zero-order valence-corrected chi connectivity index (χ0v) is 41.5. The fourth-order valence-electron chi connectivity index (χ4n) is 10.9. The lowest BCUT2D eigenvalue weighted by molar-refractivity contribution is -0.120. The molecule has 2 atom stereocenters. The first-order valence-corrected chi connectivity index (χ1v) is 24.7. The molecule has 0 saturated heterocycles. The highest BCUT2D eigenvalue weighted by Crippen LogP contribution is 2.44. The van der Waals surface area contributed by atoms with E-state index in [0.717, 1.165) is 108 Å². The van der Waals surface area contributed by atoms with Gasteiger partial charge in [-0.25, -0.2) is 19.3 Å². The van der Waals surface area contributed by atoms with Crippen LogP contribution in [0, 0.1) is 13.8 Å². The van der Waals surface area contributed by atoms with Crippen LogP contribution in [-0.2, 0) is 9.59 Å². The van der Waals surface area contributed by atoms with Crippen LogP contribution in [-0.4, -0.2) is 128 Å². The molecule has 0 unspecified atom stereocenters. The van der Waals surface area contributed by atoms with Crippen LogP contribution >= 0.6 is 0 Å². The van der Waals surface area contributed by atoms with E-state index in [1.807, 2.05) is 115 Å². The molecule has 70 heavy (non-hydrogen) atoms. The fraction of sp³-hybridized carbons (Fsp3) is 0.407.